The lowest BCUT2D eigenvalue weighted by Gasteiger charge is -2.31. The summed E-state index contributed by atoms with van der Waals surface area (Å²) in [7, 11) is -4.09. The number of nitrogens with one attached hydrogen (secondary N) is 1. The van der Waals surface area contributed by atoms with Gasteiger partial charge in [-0.1, -0.05) is 13.0 Å². The van der Waals surface area contributed by atoms with Gasteiger partial charge in [0.2, 0.25) is 10.0 Å². The Morgan fingerprint density at radius 3 is 2.58 bits per heavy atom. The molecule has 1 aliphatic heterocycles. The molecule has 2 atom stereocenters. The number of halogens is 5. The average molecular weight is 490 g/mol. The summed E-state index contributed by atoms with van der Waals surface area (Å²) < 4.78 is 91.2. The van der Waals surface area contributed by atoms with Crippen LogP contribution in [0, 0.1) is 11.3 Å². The van der Waals surface area contributed by atoms with E-state index in [1.807, 2.05) is 0 Å². The number of fused-ring (bicyclic) bond motifs is 1. The van der Waals surface area contributed by atoms with Crippen LogP contribution in [0.2, 0.25) is 0 Å². The molecule has 0 unspecified atom stereocenters. The number of sulfonamides is 1. The van der Waals surface area contributed by atoms with Gasteiger partial charge in [-0.05, 0) is 30.7 Å². The Morgan fingerprint density at radius 2 is 1.97 bits per heavy atom. The summed E-state index contributed by atoms with van der Waals surface area (Å²) in [6.45, 7) is 1.38. The van der Waals surface area contributed by atoms with Gasteiger partial charge >= 0.3 is 6.18 Å². The number of alkyl halides is 5. The van der Waals surface area contributed by atoms with Crippen molar-refractivity contribution in [1.82, 2.24) is 4.98 Å². The first kappa shape index (κ1) is 23.4. The SMILES string of the molecule is C[C@]12CCN(c3ncc(C(F)(F)F)cc3C(=O)Nc3cccc(S(N)(=O)=O)c3)C[C@H]1C2(F)F. The molecule has 2 fully saturated rings. The van der Waals surface area contributed by atoms with Gasteiger partial charge < -0.3 is 10.2 Å². The van der Waals surface area contributed by atoms with E-state index in [4.69, 9.17) is 5.14 Å². The Kier molecular flexibility index (Phi) is 5.20. The average Bonchev–Trinajstić information content (AvgIpc) is 3.17. The standard InChI is InChI=1S/C20H19F5N4O3S/c1-18-5-6-29(10-15(18)19(18,21)22)16-14(7-11(9-27-16)20(23,24)25)17(30)28-12-3-2-4-13(8-12)33(26,31)32/h2-4,7-9,15H,5-6,10H2,1H3,(H,28,30)(H2,26,31,32)/t15-,18+/m1/s1. The van der Waals surface area contributed by atoms with E-state index >= 15 is 0 Å². The maximum absolute atomic E-state index is 14.1. The molecule has 178 valence electrons. The predicted octanol–water partition coefficient (Wildman–Crippen LogP) is 3.48. The Labute approximate surface area is 185 Å². The molecule has 1 aromatic carbocycles. The van der Waals surface area contributed by atoms with Gasteiger partial charge in [-0.3, -0.25) is 4.79 Å². The molecular weight excluding hydrogens is 471 g/mol. The highest BCUT2D eigenvalue weighted by molar-refractivity contribution is 7.89. The van der Waals surface area contributed by atoms with Crippen molar-refractivity contribution in [3.8, 4) is 0 Å². The van der Waals surface area contributed by atoms with E-state index in [2.05, 4.69) is 10.3 Å². The third kappa shape index (κ3) is 4.03. The van der Waals surface area contributed by atoms with Crippen molar-refractivity contribution in [1.29, 1.82) is 0 Å². The minimum absolute atomic E-state index is 0.0326. The van der Waals surface area contributed by atoms with Crippen molar-refractivity contribution in [2.45, 2.75) is 30.3 Å². The van der Waals surface area contributed by atoms with E-state index in [1.54, 1.807) is 0 Å². The summed E-state index contributed by atoms with van der Waals surface area (Å²) in [6.07, 6.45) is -4.16. The van der Waals surface area contributed by atoms with Crippen LogP contribution < -0.4 is 15.4 Å². The smallest absolute Gasteiger partial charge is 0.355 e. The number of piperidine rings is 1. The van der Waals surface area contributed by atoms with Crippen LogP contribution >= 0.6 is 0 Å². The Morgan fingerprint density at radius 1 is 1.27 bits per heavy atom. The third-order valence-corrected chi connectivity index (χ3v) is 7.26. The fraction of sp³-hybridized carbons (Fsp3) is 0.400. The lowest BCUT2D eigenvalue weighted by atomic mass is 9.97. The van der Waals surface area contributed by atoms with Crippen molar-refractivity contribution in [3.63, 3.8) is 0 Å². The third-order valence-electron chi connectivity index (χ3n) is 6.35. The van der Waals surface area contributed by atoms with Crippen molar-refractivity contribution in [3.05, 3.63) is 47.7 Å². The summed E-state index contributed by atoms with van der Waals surface area (Å²) in [6, 6.07) is 5.44. The molecule has 4 rings (SSSR count). The highest BCUT2D eigenvalue weighted by Gasteiger charge is 2.78. The first-order valence-corrected chi connectivity index (χ1v) is 11.3. The van der Waals surface area contributed by atoms with Crippen LogP contribution in [-0.4, -0.2) is 38.3 Å². The molecule has 2 heterocycles. The second kappa shape index (κ2) is 7.35. The topological polar surface area (TPSA) is 105 Å². The van der Waals surface area contributed by atoms with Gasteiger partial charge in [-0.2, -0.15) is 13.2 Å². The van der Waals surface area contributed by atoms with Crippen molar-refractivity contribution < 1.29 is 35.2 Å². The van der Waals surface area contributed by atoms with Crippen molar-refractivity contribution in [2.24, 2.45) is 16.5 Å². The maximum Gasteiger partial charge on any atom is 0.417 e. The van der Waals surface area contributed by atoms with Gasteiger partial charge in [-0.25, -0.2) is 27.3 Å². The predicted molar refractivity (Wildman–Crippen MR) is 108 cm³/mol. The zero-order valence-corrected chi connectivity index (χ0v) is 18.0. The lowest BCUT2D eigenvalue weighted by molar-refractivity contribution is -0.137. The molecule has 0 radical (unpaired) electrons. The minimum Gasteiger partial charge on any atom is -0.355 e. The van der Waals surface area contributed by atoms with Gasteiger partial charge in [0.15, 0.2) is 0 Å². The summed E-state index contributed by atoms with van der Waals surface area (Å²) in [4.78, 5) is 17.8. The monoisotopic (exact) mass is 490 g/mol. The molecule has 3 N–H and O–H groups in total. The number of amides is 1. The van der Waals surface area contributed by atoms with E-state index in [1.165, 1.54) is 30.0 Å². The molecule has 1 aliphatic carbocycles. The molecule has 1 saturated heterocycles. The largest absolute Gasteiger partial charge is 0.417 e. The molecule has 0 bridgehead atoms. The van der Waals surface area contributed by atoms with E-state index < -0.39 is 50.5 Å². The number of carbonyl (C=O) groups is 1. The number of rotatable bonds is 4. The fourth-order valence-corrected chi connectivity index (χ4v) is 4.74. The van der Waals surface area contributed by atoms with Crippen LogP contribution in [0.25, 0.3) is 0 Å². The number of aromatic nitrogens is 1. The first-order chi connectivity index (χ1) is 15.1. The van der Waals surface area contributed by atoms with Crippen LogP contribution in [-0.2, 0) is 16.2 Å². The van der Waals surface area contributed by atoms with Gasteiger partial charge in [0.1, 0.15) is 5.82 Å². The number of pyridine rings is 1. The zero-order valence-electron chi connectivity index (χ0n) is 17.2. The number of nitrogens with zero attached hydrogens (tertiary/aromatic N) is 2. The van der Waals surface area contributed by atoms with Gasteiger partial charge in [0, 0.05) is 30.4 Å². The molecular formula is C20H19F5N4O3S. The quantitative estimate of drug-likeness (QED) is 0.639. The summed E-state index contributed by atoms with van der Waals surface area (Å²) >= 11 is 0. The molecule has 1 aromatic heterocycles. The maximum atomic E-state index is 14.1. The summed E-state index contributed by atoms with van der Waals surface area (Å²) in [5, 5.41) is 7.40. The number of nitrogens with two attached hydrogens (primary N) is 1. The molecule has 7 nitrogen and oxygen atoms in total. The number of hydrogen-bond donors (Lipinski definition) is 2. The van der Waals surface area contributed by atoms with Gasteiger partial charge in [0.05, 0.1) is 21.9 Å². The van der Waals surface area contributed by atoms with E-state index in [9.17, 15) is 35.2 Å². The molecule has 1 saturated carbocycles. The number of benzene rings is 1. The Hall–Kier alpha value is -2.80. The highest BCUT2D eigenvalue weighted by Crippen LogP contribution is 2.69. The molecule has 0 spiro atoms. The number of primary sulfonamides is 1. The fourth-order valence-electron chi connectivity index (χ4n) is 4.18. The molecule has 2 aromatic rings. The van der Waals surface area contributed by atoms with Crippen LogP contribution in [0.1, 0.15) is 29.3 Å². The Bertz CT molecular complexity index is 1230. The lowest BCUT2D eigenvalue weighted by Crippen LogP contribution is -2.36. The first-order valence-electron chi connectivity index (χ1n) is 9.79. The van der Waals surface area contributed by atoms with Gasteiger partial charge in [0.25, 0.3) is 11.8 Å². The number of carbonyl (C=O) groups excluding carboxylic acids is 1. The number of hydrogen-bond acceptors (Lipinski definition) is 5. The zero-order chi connectivity index (χ0) is 24.4. The molecule has 33 heavy (non-hydrogen) atoms. The van der Waals surface area contributed by atoms with Crippen molar-refractivity contribution in [2.75, 3.05) is 23.3 Å². The number of anilines is 2. The second-order valence-corrected chi connectivity index (χ2v) is 9.97. The summed E-state index contributed by atoms with van der Waals surface area (Å²) in [5.41, 5.74) is -2.87. The van der Waals surface area contributed by atoms with Crippen molar-refractivity contribution >= 4 is 27.4 Å². The molecule has 2 aliphatic rings. The van der Waals surface area contributed by atoms with E-state index in [0.717, 1.165) is 6.07 Å². The normalized spacial score (nSPS) is 24.2. The summed E-state index contributed by atoms with van der Waals surface area (Å²) in [5.74, 6) is -5.06. The highest BCUT2D eigenvalue weighted by atomic mass is 32.2. The van der Waals surface area contributed by atoms with Crippen LogP contribution in [0.4, 0.5) is 33.5 Å². The van der Waals surface area contributed by atoms with E-state index in [-0.39, 0.29) is 35.9 Å². The van der Waals surface area contributed by atoms with Crippen LogP contribution in [0.3, 0.4) is 0 Å². The van der Waals surface area contributed by atoms with Crippen LogP contribution in [0.15, 0.2) is 41.4 Å². The second-order valence-electron chi connectivity index (χ2n) is 8.41. The molecule has 13 heteroatoms. The van der Waals surface area contributed by atoms with Gasteiger partial charge in [-0.15, -0.1) is 0 Å². The van der Waals surface area contributed by atoms with E-state index in [0.29, 0.717) is 12.3 Å². The van der Waals surface area contributed by atoms with Crippen LogP contribution in [0.5, 0.6) is 0 Å². The Balaban J connectivity index is 1.68. The molecule has 1 amide bonds. The minimum atomic E-state index is -4.79.